The van der Waals surface area contributed by atoms with E-state index in [2.05, 4.69) is 15.3 Å². The minimum Gasteiger partial charge on any atom is -0.347 e. The van der Waals surface area contributed by atoms with Crippen LogP contribution >= 0.6 is 11.3 Å². The second-order valence-corrected chi connectivity index (χ2v) is 8.09. The fourth-order valence-corrected chi connectivity index (χ4v) is 4.19. The van der Waals surface area contributed by atoms with Gasteiger partial charge in [0.15, 0.2) is 5.13 Å². The highest BCUT2D eigenvalue weighted by atomic mass is 32.1. The molecule has 2 aromatic rings. The average molecular weight is 385 g/mol. The summed E-state index contributed by atoms with van der Waals surface area (Å²) in [7, 11) is 0. The van der Waals surface area contributed by atoms with Crippen molar-refractivity contribution in [3.8, 4) is 0 Å². The fraction of sp³-hybridized carbons (Fsp3) is 0.474. The van der Waals surface area contributed by atoms with Crippen molar-refractivity contribution in [1.82, 2.24) is 20.2 Å². The van der Waals surface area contributed by atoms with E-state index in [1.54, 1.807) is 17.3 Å². The third-order valence-corrected chi connectivity index (χ3v) is 6.18. The topological polar surface area (TPSA) is 78.4 Å². The van der Waals surface area contributed by atoms with Gasteiger partial charge in [0.05, 0.1) is 5.69 Å². The molecule has 1 aliphatic carbocycles. The first-order valence-corrected chi connectivity index (χ1v) is 10.1. The van der Waals surface area contributed by atoms with Gasteiger partial charge in [0.1, 0.15) is 4.88 Å². The van der Waals surface area contributed by atoms with Crippen LogP contribution in [0.15, 0.2) is 24.5 Å². The van der Waals surface area contributed by atoms with Crippen LogP contribution in [0.3, 0.4) is 0 Å². The molecule has 3 heterocycles. The summed E-state index contributed by atoms with van der Waals surface area (Å²) in [6.07, 6.45) is 7.12. The Morgan fingerprint density at radius 1 is 1.37 bits per heavy atom. The SMILES string of the molecule is Cc1nc(N2CCN(CCC3CC3)C2=O)sc1C(=O)NCc1cccnc1. The summed E-state index contributed by atoms with van der Waals surface area (Å²) in [4.78, 5) is 37.9. The first-order valence-electron chi connectivity index (χ1n) is 9.33. The van der Waals surface area contributed by atoms with Crippen molar-refractivity contribution in [2.75, 3.05) is 24.5 Å². The molecule has 1 saturated carbocycles. The van der Waals surface area contributed by atoms with Gasteiger partial charge in [0, 0.05) is 38.6 Å². The molecule has 1 N–H and O–H groups in total. The Bertz CT molecular complexity index is 834. The average Bonchev–Trinajstić information content (AvgIpc) is 3.33. The molecule has 0 aromatic carbocycles. The van der Waals surface area contributed by atoms with Gasteiger partial charge in [-0.3, -0.25) is 14.7 Å². The van der Waals surface area contributed by atoms with Crippen LogP contribution < -0.4 is 10.2 Å². The van der Waals surface area contributed by atoms with Gasteiger partial charge in [-0.15, -0.1) is 0 Å². The fourth-order valence-electron chi connectivity index (χ4n) is 3.19. The molecule has 1 aliphatic heterocycles. The summed E-state index contributed by atoms with van der Waals surface area (Å²) in [5.74, 6) is 0.640. The van der Waals surface area contributed by atoms with Crippen LogP contribution in [-0.2, 0) is 6.54 Å². The third kappa shape index (κ3) is 4.10. The molecule has 0 unspecified atom stereocenters. The predicted molar refractivity (Wildman–Crippen MR) is 104 cm³/mol. The number of carbonyl (C=O) groups is 2. The number of aromatic nitrogens is 2. The van der Waals surface area contributed by atoms with Crippen molar-refractivity contribution < 1.29 is 9.59 Å². The summed E-state index contributed by atoms with van der Waals surface area (Å²) >= 11 is 1.28. The van der Waals surface area contributed by atoms with Gasteiger partial charge in [0.2, 0.25) is 0 Å². The lowest BCUT2D eigenvalue weighted by molar-refractivity contribution is 0.0954. The van der Waals surface area contributed by atoms with Crippen LogP contribution in [0.4, 0.5) is 9.93 Å². The normalized spacial score (nSPS) is 16.9. The largest absolute Gasteiger partial charge is 0.347 e. The van der Waals surface area contributed by atoms with E-state index in [-0.39, 0.29) is 11.9 Å². The molecule has 1 saturated heterocycles. The van der Waals surface area contributed by atoms with Gasteiger partial charge in [-0.05, 0) is 30.9 Å². The second-order valence-electron chi connectivity index (χ2n) is 7.11. The van der Waals surface area contributed by atoms with Crippen molar-refractivity contribution >= 4 is 28.4 Å². The number of pyridine rings is 1. The maximum Gasteiger partial charge on any atom is 0.326 e. The summed E-state index contributed by atoms with van der Waals surface area (Å²) < 4.78 is 0. The van der Waals surface area contributed by atoms with E-state index in [9.17, 15) is 9.59 Å². The number of rotatable bonds is 7. The molecule has 2 aliphatic rings. The minimum atomic E-state index is -0.169. The molecule has 2 aromatic heterocycles. The molecule has 0 spiro atoms. The quantitative estimate of drug-likeness (QED) is 0.795. The zero-order valence-electron chi connectivity index (χ0n) is 15.4. The lowest BCUT2D eigenvalue weighted by atomic mass is 10.3. The van der Waals surface area contributed by atoms with Crippen LogP contribution in [0.25, 0.3) is 0 Å². The Labute approximate surface area is 162 Å². The van der Waals surface area contributed by atoms with Crippen molar-refractivity contribution in [2.45, 2.75) is 32.7 Å². The Morgan fingerprint density at radius 3 is 2.96 bits per heavy atom. The summed E-state index contributed by atoms with van der Waals surface area (Å²) in [5.41, 5.74) is 1.59. The van der Waals surface area contributed by atoms with Gasteiger partial charge in [-0.25, -0.2) is 9.78 Å². The van der Waals surface area contributed by atoms with E-state index in [4.69, 9.17) is 0 Å². The standard InChI is InChI=1S/C19H23N5O2S/c1-13-16(17(25)21-12-15-3-2-7-20-11-15)27-18(22-13)24-10-9-23(19(24)26)8-6-14-4-5-14/h2-3,7,11,14H,4-6,8-10,12H2,1H3,(H,21,25). The summed E-state index contributed by atoms with van der Waals surface area (Å²) in [6.45, 7) is 4.41. The molecule has 3 amide bonds. The van der Waals surface area contributed by atoms with Crippen LogP contribution in [-0.4, -0.2) is 46.4 Å². The zero-order chi connectivity index (χ0) is 18.8. The number of anilines is 1. The molecule has 8 heteroatoms. The minimum absolute atomic E-state index is 0.00622. The van der Waals surface area contributed by atoms with Crippen molar-refractivity contribution in [1.29, 1.82) is 0 Å². The van der Waals surface area contributed by atoms with Gasteiger partial charge < -0.3 is 10.2 Å². The Morgan fingerprint density at radius 2 is 2.22 bits per heavy atom. The number of carbonyl (C=O) groups excluding carboxylic acids is 2. The summed E-state index contributed by atoms with van der Waals surface area (Å²) in [5, 5.41) is 3.51. The van der Waals surface area contributed by atoms with Crippen molar-refractivity contribution in [3.63, 3.8) is 0 Å². The number of amides is 3. The molecular weight excluding hydrogens is 362 g/mol. The van der Waals surface area contributed by atoms with E-state index in [0.717, 1.165) is 31.0 Å². The molecule has 142 valence electrons. The van der Waals surface area contributed by atoms with Gasteiger partial charge in [-0.2, -0.15) is 0 Å². The molecule has 0 bridgehead atoms. The molecule has 0 radical (unpaired) electrons. The molecular formula is C19H23N5O2S. The van der Waals surface area contributed by atoms with E-state index in [1.165, 1.54) is 24.2 Å². The monoisotopic (exact) mass is 385 g/mol. The van der Waals surface area contributed by atoms with E-state index in [1.807, 2.05) is 24.0 Å². The van der Waals surface area contributed by atoms with Crippen molar-refractivity contribution in [2.24, 2.45) is 5.92 Å². The number of hydrogen-bond acceptors (Lipinski definition) is 5. The predicted octanol–water partition coefficient (Wildman–Crippen LogP) is 2.82. The summed E-state index contributed by atoms with van der Waals surface area (Å²) in [6, 6.07) is 3.76. The van der Waals surface area contributed by atoms with Gasteiger partial charge in [-0.1, -0.05) is 30.2 Å². The van der Waals surface area contributed by atoms with Gasteiger partial charge >= 0.3 is 6.03 Å². The number of thiazole rings is 1. The van der Waals surface area contributed by atoms with E-state index < -0.39 is 0 Å². The van der Waals surface area contributed by atoms with E-state index in [0.29, 0.717) is 28.8 Å². The lowest BCUT2D eigenvalue weighted by Crippen LogP contribution is -2.32. The number of urea groups is 1. The van der Waals surface area contributed by atoms with Crippen LogP contribution in [0.5, 0.6) is 0 Å². The highest BCUT2D eigenvalue weighted by molar-refractivity contribution is 7.17. The smallest absolute Gasteiger partial charge is 0.326 e. The number of nitrogens with one attached hydrogen (secondary N) is 1. The number of hydrogen-bond donors (Lipinski definition) is 1. The first-order chi connectivity index (χ1) is 13.1. The first kappa shape index (κ1) is 17.9. The van der Waals surface area contributed by atoms with Gasteiger partial charge in [0.25, 0.3) is 5.91 Å². The molecule has 27 heavy (non-hydrogen) atoms. The van der Waals surface area contributed by atoms with Crippen LogP contribution in [0, 0.1) is 12.8 Å². The highest BCUT2D eigenvalue weighted by Gasteiger charge is 2.33. The Balaban J connectivity index is 1.38. The highest BCUT2D eigenvalue weighted by Crippen LogP contribution is 2.33. The number of aryl methyl sites for hydroxylation is 1. The number of nitrogens with zero attached hydrogens (tertiary/aromatic N) is 4. The third-order valence-electron chi connectivity index (χ3n) is 5.00. The van der Waals surface area contributed by atoms with Crippen LogP contribution in [0.1, 0.15) is 40.2 Å². The van der Waals surface area contributed by atoms with E-state index >= 15 is 0 Å². The molecule has 0 atom stereocenters. The zero-order valence-corrected chi connectivity index (χ0v) is 16.2. The van der Waals surface area contributed by atoms with Crippen LogP contribution in [0.2, 0.25) is 0 Å². The molecule has 4 rings (SSSR count). The van der Waals surface area contributed by atoms with Crippen molar-refractivity contribution in [3.05, 3.63) is 40.7 Å². The molecule has 7 nitrogen and oxygen atoms in total. The lowest BCUT2D eigenvalue weighted by Gasteiger charge is -2.16. The Kier molecular flexibility index (Phi) is 5.07. The Hall–Kier alpha value is -2.48. The molecule has 2 fully saturated rings. The maximum atomic E-state index is 12.7. The second kappa shape index (κ2) is 7.64. The maximum absolute atomic E-state index is 12.7.